The summed E-state index contributed by atoms with van der Waals surface area (Å²) in [4.78, 5) is 0. The van der Waals surface area contributed by atoms with Crippen molar-refractivity contribution in [2.75, 3.05) is 6.54 Å². The maximum absolute atomic E-state index is 13.5. The van der Waals surface area contributed by atoms with E-state index in [-0.39, 0.29) is 11.7 Å². The van der Waals surface area contributed by atoms with Crippen LogP contribution in [0.25, 0.3) is 0 Å². The van der Waals surface area contributed by atoms with Crippen molar-refractivity contribution < 1.29 is 4.39 Å². The Kier molecular flexibility index (Phi) is 4.12. The lowest BCUT2D eigenvalue weighted by atomic mass is 9.85. The van der Waals surface area contributed by atoms with Crippen LogP contribution in [0.5, 0.6) is 0 Å². The maximum Gasteiger partial charge on any atom is 0.123 e. The van der Waals surface area contributed by atoms with E-state index in [0.717, 1.165) is 12.1 Å². The van der Waals surface area contributed by atoms with Crippen molar-refractivity contribution >= 4 is 0 Å². The van der Waals surface area contributed by atoms with Crippen LogP contribution in [-0.2, 0) is 0 Å². The Hall–Kier alpha value is -1.67. The second-order valence-corrected chi connectivity index (χ2v) is 5.34. The van der Waals surface area contributed by atoms with Crippen molar-refractivity contribution in [3.8, 4) is 0 Å². The van der Waals surface area contributed by atoms with Gasteiger partial charge in [0.15, 0.2) is 0 Å². The van der Waals surface area contributed by atoms with Gasteiger partial charge < -0.3 is 5.32 Å². The van der Waals surface area contributed by atoms with Gasteiger partial charge in [-0.05, 0) is 49.1 Å². The summed E-state index contributed by atoms with van der Waals surface area (Å²) in [5.74, 6) is -0.0290. The monoisotopic (exact) mass is 268 g/mol. The molecule has 2 heteroatoms. The molecule has 0 aliphatic carbocycles. The molecule has 1 heterocycles. The highest BCUT2D eigenvalue weighted by Crippen LogP contribution is 2.30. The van der Waals surface area contributed by atoms with Gasteiger partial charge in [-0.25, -0.2) is 4.39 Å². The summed E-state index contributed by atoms with van der Waals surface area (Å²) in [6, 6.07) is 17.7. The lowest BCUT2D eigenvalue weighted by Crippen LogP contribution is -2.25. The fourth-order valence-corrected chi connectivity index (χ4v) is 2.88. The molecule has 20 heavy (non-hydrogen) atoms. The Bertz CT molecular complexity index is 546. The van der Waals surface area contributed by atoms with E-state index in [4.69, 9.17) is 0 Å². The van der Waals surface area contributed by atoms with Gasteiger partial charge >= 0.3 is 0 Å². The van der Waals surface area contributed by atoms with Crippen molar-refractivity contribution in [2.45, 2.75) is 24.8 Å². The van der Waals surface area contributed by atoms with Crippen LogP contribution in [0, 0.1) is 12.2 Å². The van der Waals surface area contributed by atoms with Gasteiger partial charge in [-0.2, -0.15) is 0 Å². The highest BCUT2D eigenvalue weighted by molar-refractivity contribution is 5.36. The first-order chi connectivity index (χ1) is 9.83. The molecule has 0 spiro atoms. The lowest BCUT2D eigenvalue weighted by Gasteiger charge is -2.21. The van der Waals surface area contributed by atoms with Crippen molar-refractivity contribution in [1.82, 2.24) is 5.32 Å². The van der Waals surface area contributed by atoms with Gasteiger partial charge in [0.05, 0.1) is 0 Å². The Morgan fingerprint density at radius 3 is 2.55 bits per heavy atom. The second kappa shape index (κ2) is 6.19. The standard InChI is InChI=1S/C18H19FN/c19-16-9-4-8-15(12-16)18(13-17-10-5-11-20-17)14-6-2-1-3-7-14/h1-4,6-9,12-13,17-18,20H,5,10-11H2/t17-,18+/m0/s1. The number of rotatable bonds is 4. The summed E-state index contributed by atoms with van der Waals surface area (Å²) >= 11 is 0. The molecule has 1 radical (unpaired) electrons. The zero-order valence-corrected chi connectivity index (χ0v) is 11.4. The molecule has 2 atom stereocenters. The zero-order chi connectivity index (χ0) is 13.8. The third-order valence-corrected chi connectivity index (χ3v) is 3.89. The van der Waals surface area contributed by atoms with Crippen LogP contribution in [0.3, 0.4) is 0 Å². The van der Waals surface area contributed by atoms with Crippen LogP contribution in [0.1, 0.15) is 29.9 Å². The van der Waals surface area contributed by atoms with E-state index in [1.165, 1.54) is 24.5 Å². The Balaban J connectivity index is 1.90. The third-order valence-electron chi connectivity index (χ3n) is 3.89. The molecule has 1 aliphatic rings. The minimum absolute atomic E-state index is 0.141. The minimum Gasteiger partial charge on any atom is -0.314 e. The summed E-state index contributed by atoms with van der Waals surface area (Å²) < 4.78 is 13.5. The number of hydrogen-bond donors (Lipinski definition) is 1. The average Bonchev–Trinajstić information content (AvgIpc) is 2.99. The van der Waals surface area contributed by atoms with E-state index in [2.05, 4.69) is 23.9 Å². The van der Waals surface area contributed by atoms with Crippen molar-refractivity contribution in [2.24, 2.45) is 0 Å². The van der Waals surface area contributed by atoms with Crippen LogP contribution in [0.4, 0.5) is 4.39 Å². The number of benzene rings is 2. The zero-order valence-electron chi connectivity index (χ0n) is 11.4. The molecule has 3 rings (SSSR count). The minimum atomic E-state index is -0.170. The van der Waals surface area contributed by atoms with Gasteiger partial charge in [-0.15, -0.1) is 0 Å². The molecule has 2 aromatic carbocycles. The maximum atomic E-state index is 13.5. The molecule has 103 valence electrons. The third kappa shape index (κ3) is 3.07. The molecule has 2 aromatic rings. The normalized spacial score (nSPS) is 19.9. The second-order valence-electron chi connectivity index (χ2n) is 5.34. The van der Waals surface area contributed by atoms with Crippen molar-refractivity contribution in [3.05, 3.63) is 78.0 Å². The first kappa shape index (κ1) is 13.3. The molecular weight excluding hydrogens is 249 g/mol. The van der Waals surface area contributed by atoms with Crippen molar-refractivity contribution in [1.29, 1.82) is 0 Å². The molecule has 0 bridgehead atoms. The summed E-state index contributed by atoms with van der Waals surface area (Å²) in [6.07, 6.45) is 4.70. The first-order valence-electron chi connectivity index (χ1n) is 7.22. The Morgan fingerprint density at radius 1 is 1.05 bits per heavy atom. The fraction of sp³-hybridized carbons (Fsp3) is 0.278. The molecule has 0 unspecified atom stereocenters. The van der Waals surface area contributed by atoms with E-state index in [0.29, 0.717) is 6.04 Å². The highest BCUT2D eigenvalue weighted by Gasteiger charge is 2.22. The fourth-order valence-electron chi connectivity index (χ4n) is 2.88. The van der Waals surface area contributed by atoms with Gasteiger partial charge in [0.2, 0.25) is 0 Å². The summed E-state index contributed by atoms with van der Waals surface area (Å²) in [5, 5.41) is 3.49. The predicted octanol–water partition coefficient (Wildman–Crippen LogP) is 3.91. The molecular formula is C18H19FN. The van der Waals surface area contributed by atoms with E-state index >= 15 is 0 Å². The van der Waals surface area contributed by atoms with Crippen molar-refractivity contribution in [3.63, 3.8) is 0 Å². The molecule has 0 aromatic heterocycles. The van der Waals surface area contributed by atoms with Gasteiger partial charge in [0, 0.05) is 12.0 Å². The summed E-state index contributed by atoms with van der Waals surface area (Å²) in [6.45, 7) is 1.08. The Labute approximate surface area is 119 Å². The highest BCUT2D eigenvalue weighted by atomic mass is 19.1. The molecule has 1 fully saturated rings. The van der Waals surface area contributed by atoms with Crippen LogP contribution in [0.15, 0.2) is 54.6 Å². The molecule has 0 saturated carbocycles. The number of nitrogens with one attached hydrogen (secondary N) is 1. The SMILES string of the molecule is Fc1cccc([C@H]([CH][C@@H]2CCCN2)c2ccccc2)c1. The van der Waals surface area contributed by atoms with Crippen LogP contribution < -0.4 is 5.32 Å². The molecule has 1 aliphatic heterocycles. The predicted molar refractivity (Wildman–Crippen MR) is 80.0 cm³/mol. The van der Waals surface area contributed by atoms with Crippen LogP contribution in [-0.4, -0.2) is 12.6 Å². The lowest BCUT2D eigenvalue weighted by molar-refractivity contribution is 0.617. The van der Waals surface area contributed by atoms with Crippen LogP contribution in [0.2, 0.25) is 0 Å². The smallest absolute Gasteiger partial charge is 0.123 e. The van der Waals surface area contributed by atoms with E-state index in [1.807, 2.05) is 24.3 Å². The summed E-state index contributed by atoms with van der Waals surface area (Å²) in [5.41, 5.74) is 2.23. The van der Waals surface area contributed by atoms with Gasteiger partial charge in [0.1, 0.15) is 5.82 Å². The first-order valence-corrected chi connectivity index (χ1v) is 7.22. The van der Waals surface area contributed by atoms with Gasteiger partial charge in [-0.3, -0.25) is 0 Å². The summed E-state index contributed by atoms with van der Waals surface area (Å²) in [7, 11) is 0. The quantitative estimate of drug-likeness (QED) is 0.886. The molecule has 1 N–H and O–H groups in total. The van der Waals surface area contributed by atoms with E-state index in [9.17, 15) is 4.39 Å². The number of halogens is 1. The van der Waals surface area contributed by atoms with Crippen LogP contribution >= 0.6 is 0 Å². The average molecular weight is 268 g/mol. The van der Waals surface area contributed by atoms with E-state index < -0.39 is 0 Å². The van der Waals surface area contributed by atoms with Gasteiger partial charge in [0.25, 0.3) is 0 Å². The largest absolute Gasteiger partial charge is 0.314 e. The Morgan fingerprint density at radius 2 is 1.85 bits per heavy atom. The van der Waals surface area contributed by atoms with Gasteiger partial charge in [-0.1, -0.05) is 42.5 Å². The topological polar surface area (TPSA) is 12.0 Å². The number of hydrogen-bond acceptors (Lipinski definition) is 1. The van der Waals surface area contributed by atoms with E-state index in [1.54, 1.807) is 12.1 Å². The molecule has 1 saturated heterocycles. The molecule has 1 nitrogen and oxygen atoms in total. The molecule has 0 amide bonds.